The van der Waals surface area contributed by atoms with Crippen LogP contribution in [-0.2, 0) is 0 Å². The highest BCUT2D eigenvalue weighted by atomic mass is 16.5. The Bertz CT molecular complexity index is 517. The summed E-state index contributed by atoms with van der Waals surface area (Å²) in [5.74, 6) is 0.834. The number of nitrogens with zero attached hydrogens (tertiary/aromatic N) is 2. The Morgan fingerprint density at radius 3 is 2.63 bits per heavy atom. The number of nitrogens with one attached hydrogen (secondary N) is 1. The number of amides is 2. The maximum absolute atomic E-state index is 9.48. The van der Waals surface area contributed by atoms with Gasteiger partial charge in [0.2, 0.25) is 0 Å². The number of carbonyl (C=O) groups is 1. The summed E-state index contributed by atoms with van der Waals surface area (Å²) in [4.78, 5) is 17.5. The number of benzene rings is 1. The second kappa shape index (κ2) is 7.65. The molecule has 0 aliphatic rings. The largest absolute Gasteiger partial charge is 0.497 e. The first-order valence-electron chi connectivity index (χ1n) is 5.55. The van der Waals surface area contributed by atoms with Crippen LogP contribution in [0.3, 0.4) is 0 Å². The SMILES string of the molecule is CNC(N)=O.COc1cccc(-c2ccncn2)c1. The summed E-state index contributed by atoms with van der Waals surface area (Å²) in [6.07, 6.45) is 3.26. The molecule has 6 heteroatoms. The van der Waals surface area contributed by atoms with E-state index in [1.807, 2.05) is 30.3 Å². The molecule has 2 aromatic rings. The van der Waals surface area contributed by atoms with Gasteiger partial charge in [0.05, 0.1) is 12.8 Å². The smallest absolute Gasteiger partial charge is 0.311 e. The number of primary amides is 1. The number of methoxy groups -OCH3 is 1. The van der Waals surface area contributed by atoms with Crippen LogP contribution in [0.15, 0.2) is 42.9 Å². The lowest BCUT2D eigenvalue weighted by atomic mass is 10.1. The molecule has 0 saturated heterocycles. The van der Waals surface area contributed by atoms with Gasteiger partial charge in [-0.25, -0.2) is 14.8 Å². The van der Waals surface area contributed by atoms with Crippen LogP contribution in [0.2, 0.25) is 0 Å². The summed E-state index contributed by atoms with van der Waals surface area (Å²) in [6.45, 7) is 0. The molecule has 1 aromatic heterocycles. The van der Waals surface area contributed by atoms with E-state index in [0.29, 0.717) is 0 Å². The number of hydrogen-bond donors (Lipinski definition) is 2. The van der Waals surface area contributed by atoms with Gasteiger partial charge < -0.3 is 15.8 Å². The molecule has 2 amide bonds. The molecule has 3 N–H and O–H groups in total. The quantitative estimate of drug-likeness (QED) is 0.854. The summed E-state index contributed by atoms with van der Waals surface area (Å²) >= 11 is 0. The third-order valence-corrected chi connectivity index (χ3v) is 2.19. The molecule has 0 spiro atoms. The first-order chi connectivity index (χ1) is 9.17. The first kappa shape index (κ1) is 14.4. The maximum atomic E-state index is 9.48. The van der Waals surface area contributed by atoms with E-state index in [0.717, 1.165) is 17.0 Å². The van der Waals surface area contributed by atoms with Crippen LogP contribution >= 0.6 is 0 Å². The normalized spacial score (nSPS) is 8.95. The van der Waals surface area contributed by atoms with Gasteiger partial charge in [-0.05, 0) is 18.2 Å². The molecule has 1 heterocycles. The van der Waals surface area contributed by atoms with Crippen molar-refractivity contribution < 1.29 is 9.53 Å². The monoisotopic (exact) mass is 260 g/mol. The van der Waals surface area contributed by atoms with Crippen molar-refractivity contribution in [2.75, 3.05) is 14.2 Å². The molecule has 0 saturated carbocycles. The van der Waals surface area contributed by atoms with Gasteiger partial charge in [0.25, 0.3) is 0 Å². The number of rotatable bonds is 2. The van der Waals surface area contributed by atoms with E-state index in [2.05, 4.69) is 21.0 Å². The minimum absolute atomic E-state index is 0.495. The molecule has 0 radical (unpaired) electrons. The van der Waals surface area contributed by atoms with Crippen LogP contribution in [0.1, 0.15) is 0 Å². The van der Waals surface area contributed by atoms with E-state index in [4.69, 9.17) is 4.74 Å². The predicted molar refractivity (Wildman–Crippen MR) is 72.7 cm³/mol. The Morgan fingerprint density at radius 1 is 1.37 bits per heavy atom. The predicted octanol–water partition coefficient (Wildman–Crippen LogP) is 1.44. The van der Waals surface area contributed by atoms with Gasteiger partial charge in [0.15, 0.2) is 0 Å². The highest BCUT2D eigenvalue weighted by molar-refractivity contribution is 5.71. The summed E-state index contributed by atoms with van der Waals surface area (Å²) < 4.78 is 5.13. The molecule has 0 bridgehead atoms. The molecular formula is C13H16N4O2. The third kappa shape index (κ3) is 5.03. The maximum Gasteiger partial charge on any atom is 0.311 e. The number of nitrogens with two attached hydrogens (primary N) is 1. The van der Waals surface area contributed by atoms with Gasteiger partial charge in [0, 0.05) is 18.8 Å². The van der Waals surface area contributed by atoms with Crippen LogP contribution in [0.4, 0.5) is 4.79 Å². The Kier molecular flexibility index (Phi) is 5.81. The Balaban J connectivity index is 0.000000312. The van der Waals surface area contributed by atoms with Crippen LogP contribution < -0.4 is 15.8 Å². The lowest BCUT2D eigenvalue weighted by Crippen LogP contribution is -2.24. The van der Waals surface area contributed by atoms with Crippen LogP contribution in [0, 0.1) is 0 Å². The van der Waals surface area contributed by atoms with Crippen LogP contribution in [0.25, 0.3) is 11.3 Å². The molecule has 0 aliphatic heterocycles. The van der Waals surface area contributed by atoms with E-state index >= 15 is 0 Å². The molecule has 0 unspecified atom stereocenters. The van der Waals surface area contributed by atoms with Gasteiger partial charge in [-0.2, -0.15) is 0 Å². The zero-order valence-electron chi connectivity index (χ0n) is 10.8. The molecule has 1 aromatic carbocycles. The van der Waals surface area contributed by atoms with Crippen molar-refractivity contribution in [3.63, 3.8) is 0 Å². The Labute approximate surface area is 111 Å². The van der Waals surface area contributed by atoms with E-state index in [9.17, 15) is 4.79 Å². The highest BCUT2D eigenvalue weighted by Crippen LogP contribution is 2.20. The van der Waals surface area contributed by atoms with Gasteiger partial charge in [-0.1, -0.05) is 12.1 Å². The topological polar surface area (TPSA) is 90.1 Å². The summed E-state index contributed by atoms with van der Waals surface area (Å²) in [6, 6.07) is 9.16. The number of urea groups is 1. The zero-order valence-corrected chi connectivity index (χ0v) is 10.8. The lowest BCUT2D eigenvalue weighted by Gasteiger charge is -2.02. The minimum Gasteiger partial charge on any atom is -0.497 e. The molecule has 19 heavy (non-hydrogen) atoms. The van der Waals surface area contributed by atoms with E-state index in [-0.39, 0.29) is 0 Å². The van der Waals surface area contributed by atoms with E-state index < -0.39 is 6.03 Å². The Hall–Kier alpha value is -2.63. The zero-order chi connectivity index (χ0) is 14.1. The number of aromatic nitrogens is 2. The summed E-state index contributed by atoms with van der Waals surface area (Å²) in [7, 11) is 3.13. The van der Waals surface area contributed by atoms with Crippen molar-refractivity contribution in [2.45, 2.75) is 0 Å². The summed E-state index contributed by atoms with van der Waals surface area (Å²) in [5.41, 5.74) is 6.48. The molecular weight excluding hydrogens is 244 g/mol. The fraction of sp³-hybridized carbons (Fsp3) is 0.154. The van der Waals surface area contributed by atoms with Gasteiger partial charge in [-0.3, -0.25) is 0 Å². The Morgan fingerprint density at radius 2 is 2.11 bits per heavy atom. The van der Waals surface area contributed by atoms with E-state index in [1.54, 1.807) is 13.3 Å². The van der Waals surface area contributed by atoms with E-state index in [1.165, 1.54) is 13.4 Å². The van der Waals surface area contributed by atoms with Crippen molar-refractivity contribution in [1.29, 1.82) is 0 Å². The molecule has 0 atom stereocenters. The number of carbonyl (C=O) groups excluding carboxylic acids is 1. The average Bonchev–Trinajstić information content (AvgIpc) is 2.49. The molecule has 0 fully saturated rings. The molecule has 2 rings (SSSR count). The van der Waals surface area contributed by atoms with Crippen LogP contribution in [0.5, 0.6) is 5.75 Å². The van der Waals surface area contributed by atoms with Crippen molar-refractivity contribution in [2.24, 2.45) is 5.73 Å². The highest BCUT2D eigenvalue weighted by Gasteiger charge is 1.99. The lowest BCUT2D eigenvalue weighted by molar-refractivity contribution is 0.251. The summed E-state index contributed by atoms with van der Waals surface area (Å²) in [5, 5.41) is 2.17. The van der Waals surface area contributed by atoms with Crippen molar-refractivity contribution in [1.82, 2.24) is 15.3 Å². The molecule has 6 nitrogen and oxygen atoms in total. The molecule has 100 valence electrons. The average molecular weight is 260 g/mol. The van der Waals surface area contributed by atoms with Crippen molar-refractivity contribution >= 4 is 6.03 Å². The third-order valence-electron chi connectivity index (χ3n) is 2.19. The number of hydrogen-bond acceptors (Lipinski definition) is 4. The minimum atomic E-state index is -0.495. The second-order valence-electron chi connectivity index (χ2n) is 3.44. The first-order valence-corrected chi connectivity index (χ1v) is 5.55. The second-order valence-corrected chi connectivity index (χ2v) is 3.44. The van der Waals surface area contributed by atoms with Gasteiger partial charge >= 0.3 is 6.03 Å². The fourth-order valence-electron chi connectivity index (χ4n) is 1.24. The van der Waals surface area contributed by atoms with Gasteiger partial charge in [0.1, 0.15) is 12.1 Å². The fourth-order valence-corrected chi connectivity index (χ4v) is 1.24. The number of ether oxygens (including phenoxy) is 1. The van der Waals surface area contributed by atoms with Crippen molar-refractivity contribution in [3.05, 3.63) is 42.9 Å². The van der Waals surface area contributed by atoms with Crippen molar-refractivity contribution in [3.8, 4) is 17.0 Å². The standard InChI is InChI=1S/C11H10N2O.C2H6N2O/c1-14-10-4-2-3-9(7-10)11-5-6-12-8-13-11;1-4-2(3)5/h2-8H,1H3;1H3,(H3,3,4,5). The molecule has 0 aliphatic carbocycles. The van der Waals surface area contributed by atoms with Crippen LogP contribution in [-0.4, -0.2) is 30.2 Å². The van der Waals surface area contributed by atoms with Gasteiger partial charge in [-0.15, -0.1) is 0 Å².